The Labute approximate surface area is 75.4 Å². The number of hydrogen-bond donors (Lipinski definition) is 0. The molecule has 1 aromatic heterocycles. The number of nitrogens with zero attached hydrogens (tertiary/aromatic N) is 2. The van der Waals surface area contributed by atoms with E-state index in [4.69, 9.17) is 0 Å². The molecule has 0 radical (unpaired) electrons. The van der Waals surface area contributed by atoms with Crippen molar-refractivity contribution in [3.8, 4) is 0 Å². The Kier molecular flexibility index (Phi) is 14.7. The van der Waals surface area contributed by atoms with Crippen molar-refractivity contribution < 1.29 is 4.74 Å². The molecule has 0 spiro atoms. The van der Waals surface area contributed by atoms with Gasteiger partial charge in [0.25, 0.3) is 0 Å². The number of hydrogen-bond acceptors (Lipinski definition) is 2. The van der Waals surface area contributed by atoms with Crippen molar-refractivity contribution in [2.24, 2.45) is 7.05 Å². The van der Waals surface area contributed by atoms with Crippen LogP contribution >= 0.6 is 0 Å². The number of aryl methyl sites for hydroxylation is 1. The fraction of sp³-hybridized carbons (Fsp3) is 0.667. The molecule has 0 saturated carbocycles. The zero-order valence-corrected chi connectivity index (χ0v) is 8.74. The van der Waals surface area contributed by atoms with Gasteiger partial charge in [-0.2, -0.15) is 5.10 Å². The van der Waals surface area contributed by atoms with Gasteiger partial charge in [0, 0.05) is 33.2 Å². The van der Waals surface area contributed by atoms with Gasteiger partial charge in [-0.25, -0.2) is 0 Å². The molecule has 0 fully saturated rings. The van der Waals surface area contributed by atoms with Gasteiger partial charge in [0.1, 0.15) is 0 Å². The van der Waals surface area contributed by atoms with Crippen LogP contribution < -0.4 is 0 Å². The number of aromatic nitrogens is 2. The summed E-state index contributed by atoms with van der Waals surface area (Å²) in [5.41, 5.74) is 0. The summed E-state index contributed by atoms with van der Waals surface area (Å²) in [6.45, 7) is 6.78. The Morgan fingerprint density at radius 3 is 2.00 bits per heavy atom. The van der Waals surface area contributed by atoms with E-state index in [1.54, 1.807) is 18.0 Å². The van der Waals surface area contributed by atoms with E-state index < -0.39 is 0 Å². The van der Waals surface area contributed by atoms with Crippen molar-refractivity contribution in [1.82, 2.24) is 9.78 Å². The molecule has 1 aromatic rings. The van der Waals surface area contributed by atoms with Gasteiger partial charge in [-0.05, 0) is 13.0 Å². The first kappa shape index (κ1) is 13.7. The minimum atomic E-state index is 0.819. The molecule has 0 saturated heterocycles. The van der Waals surface area contributed by atoms with Gasteiger partial charge < -0.3 is 4.74 Å². The molecule has 1 heterocycles. The zero-order valence-electron chi connectivity index (χ0n) is 8.74. The lowest BCUT2D eigenvalue weighted by Gasteiger charge is -1.77. The van der Waals surface area contributed by atoms with E-state index in [9.17, 15) is 0 Å². The average Bonchev–Trinajstić information content (AvgIpc) is 2.60. The average molecular weight is 172 g/mol. The maximum absolute atomic E-state index is 4.54. The van der Waals surface area contributed by atoms with Crippen LogP contribution in [0.2, 0.25) is 0 Å². The van der Waals surface area contributed by atoms with Crippen LogP contribution in [-0.4, -0.2) is 23.5 Å². The quantitative estimate of drug-likeness (QED) is 0.648. The second kappa shape index (κ2) is 12.8. The maximum atomic E-state index is 4.54. The summed E-state index contributed by atoms with van der Waals surface area (Å²) >= 11 is 0. The van der Waals surface area contributed by atoms with Crippen LogP contribution in [0, 0.1) is 0 Å². The fourth-order valence-electron chi connectivity index (χ4n) is 0.345. The molecule has 72 valence electrons. The summed E-state index contributed by atoms with van der Waals surface area (Å²) in [6.07, 6.45) is 3.64. The van der Waals surface area contributed by atoms with Crippen molar-refractivity contribution >= 4 is 0 Å². The highest BCUT2D eigenvalue weighted by Gasteiger charge is 1.69. The van der Waals surface area contributed by atoms with Gasteiger partial charge in [-0.15, -0.1) is 0 Å². The molecule has 12 heavy (non-hydrogen) atoms. The van der Waals surface area contributed by atoms with Crippen LogP contribution in [0.3, 0.4) is 0 Å². The largest absolute Gasteiger partial charge is 0.385 e. The van der Waals surface area contributed by atoms with Crippen LogP contribution in [0.4, 0.5) is 0 Å². The smallest absolute Gasteiger partial charge is 0.0489 e. The molecule has 0 amide bonds. The molecule has 0 N–H and O–H groups in total. The lowest BCUT2D eigenvalue weighted by Crippen LogP contribution is -1.83. The summed E-state index contributed by atoms with van der Waals surface area (Å²) < 4.78 is 6.29. The Morgan fingerprint density at radius 1 is 1.42 bits per heavy atom. The molecule has 0 bridgehead atoms. The van der Waals surface area contributed by atoms with Crippen LogP contribution in [0.1, 0.15) is 20.8 Å². The third-order valence-corrected chi connectivity index (χ3v) is 0.925. The van der Waals surface area contributed by atoms with Gasteiger partial charge in [-0.1, -0.05) is 13.8 Å². The van der Waals surface area contributed by atoms with Crippen LogP contribution in [0.25, 0.3) is 0 Å². The van der Waals surface area contributed by atoms with Gasteiger partial charge in [0.2, 0.25) is 0 Å². The minimum absolute atomic E-state index is 0.819. The first-order valence-electron chi connectivity index (χ1n) is 4.23. The van der Waals surface area contributed by atoms with E-state index in [2.05, 4.69) is 9.84 Å². The highest BCUT2D eigenvalue weighted by Crippen LogP contribution is 1.73. The van der Waals surface area contributed by atoms with Crippen LogP contribution in [0.5, 0.6) is 0 Å². The molecular formula is C9H20N2O. The minimum Gasteiger partial charge on any atom is -0.385 e. The summed E-state index contributed by atoms with van der Waals surface area (Å²) in [5.74, 6) is 0. The Hall–Kier alpha value is -0.830. The van der Waals surface area contributed by atoms with Gasteiger partial charge in [-0.3, -0.25) is 4.68 Å². The number of methoxy groups -OCH3 is 1. The summed E-state index contributed by atoms with van der Waals surface area (Å²) in [4.78, 5) is 0. The molecule has 0 atom stereocenters. The van der Waals surface area contributed by atoms with Gasteiger partial charge >= 0.3 is 0 Å². The Balaban J connectivity index is 0. The Bertz CT molecular complexity index is 136. The van der Waals surface area contributed by atoms with Crippen molar-refractivity contribution in [3.05, 3.63) is 18.5 Å². The monoisotopic (exact) mass is 172 g/mol. The third-order valence-electron chi connectivity index (χ3n) is 0.925. The predicted molar refractivity (Wildman–Crippen MR) is 52.1 cm³/mol. The van der Waals surface area contributed by atoms with Crippen molar-refractivity contribution in [2.45, 2.75) is 20.8 Å². The molecule has 3 heteroatoms. The fourth-order valence-corrected chi connectivity index (χ4v) is 0.345. The molecule has 0 unspecified atom stereocenters. The maximum Gasteiger partial charge on any atom is 0.0489 e. The predicted octanol–water partition coefficient (Wildman–Crippen LogP) is 2.10. The van der Waals surface area contributed by atoms with Crippen molar-refractivity contribution in [1.29, 1.82) is 0 Å². The number of rotatable bonds is 1. The standard InChI is InChI=1S/C4H6N2.C3H8O.C2H6/c1-6-4-2-3-5-6;1-3-4-2;1-2/h2-4H,1H3;3H2,1-2H3;1-2H3. The van der Waals surface area contributed by atoms with Crippen molar-refractivity contribution in [2.75, 3.05) is 13.7 Å². The van der Waals surface area contributed by atoms with E-state index in [1.807, 2.05) is 40.1 Å². The molecule has 0 aliphatic carbocycles. The molecule has 0 aliphatic heterocycles. The molecule has 0 aromatic carbocycles. The van der Waals surface area contributed by atoms with E-state index in [0.717, 1.165) is 6.61 Å². The zero-order chi connectivity index (χ0) is 9.82. The SMILES string of the molecule is CC.CCOC.Cn1cccn1. The van der Waals surface area contributed by atoms with Crippen LogP contribution in [-0.2, 0) is 11.8 Å². The Morgan fingerprint density at radius 2 is 1.92 bits per heavy atom. The second-order valence-corrected chi connectivity index (χ2v) is 1.76. The highest BCUT2D eigenvalue weighted by atomic mass is 16.5. The van der Waals surface area contributed by atoms with E-state index in [-0.39, 0.29) is 0 Å². The van der Waals surface area contributed by atoms with Gasteiger partial charge in [0.15, 0.2) is 0 Å². The normalized spacial score (nSPS) is 7.42. The molecule has 0 aliphatic rings. The van der Waals surface area contributed by atoms with E-state index in [0.29, 0.717) is 0 Å². The van der Waals surface area contributed by atoms with Crippen molar-refractivity contribution in [3.63, 3.8) is 0 Å². The summed E-state index contributed by atoms with van der Waals surface area (Å²) in [6, 6.07) is 1.89. The first-order valence-corrected chi connectivity index (χ1v) is 4.23. The number of ether oxygens (including phenoxy) is 1. The third kappa shape index (κ3) is 11.9. The lowest BCUT2D eigenvalue weighted by atomic mass is 10.8. The lowest BCUT2D eigenvalue weighted by molar-refractivity contribution is 0.215. The molecule has 1 rings (SSSR count). The highest BCUT2D eigenvalue weighted by molar-refractivity contribution is 4.75. The van der Waals surface area contributed by atoms with Crippen LogP contribution in [0.15, 0.2) is 18.5 Å². The van der Waals surface area contributed by atoms with E-state index in [1.165, 1.54) is 0 Å². The van der Waals surface area contributed by atoms with Gasteiger partial charge in [0.05, 0.1) is 0 Å². The summed E-state index contributed by atoms with van der Waals surface area (Å²) in [5, 5.41) is 3.83. The first-order chi connectivity index (χ1) is 5.81. The summed E-state index contributed by atoms with van der Waals surface area (Å²) in [7, 11) is 3.57. The molecular weight excluding hydrogens is 152 g/mol. The second-order valence-electron chi connectivity index (χ2n) is 1.76. The van der Waals surface area contributed by atoms with E-state index >= 15 is 0 Å². The molecule has 3 nitrogen and oxygen atoms in total. The topological polar surface area (TPSA) is 27.1 Å².